The quantitative estimate of drug-likeness (QED) is 0.655. The van der Waals surface area contributed by atoms with Crippen LogP contribution in [0.4, 0.5) is 0 Å². The number of carbonyl (C=O) groups excluding carboxylic acids is 1. The van der Waals surface area contributed by atoms with E-state index in [1.54, 1.807) is 0 Å². The van der Waals surface area contributed by atoms with Crippen molar-refractivity contribution in [3.05, 3.63) is 0 Å². The van der Waals surface area contributed by atoms with Crippen molar-refractivity contribution in [2.75, 3.05) is 6.54 Å². The van der Waals surface area contributed by atoms with Crippen molar-refractivity contribution in [3.63, 3.8) is 0 Å². The highest BCUT2D eigenvalue weighted by Gasteiger charge is 2.48. The second-order valence-corrected chi connectivity index (χ2v) is 3.98. The van der Waals surface area contributed by atoms with Gasteiger partial charge in [-0.15, -0.1) is 0 Å². The van der Waals surface area contributed by atoms with Gasteiger partial charge in [-0.3, -0.25) is 9.59 Å². The molecule has 0 spiro atoms. The largest absolute Gasteiger partial charge is 0.481 e. The summed E-state index contributed by atoms with van der Waals surface area (Å²) in [5, 5.41) is 11.4. The molecule has 0 aromatic carbocycles. The Balaban J connectivity index is 1.69. The van der Waals surface area contributed by atoms with E-state index in [1.165, 1.54) is 12.8 Å². The van der Waals surface area contributed by atoms with E-state index in [0.717, 1.165) is 6.54 Å². The van der Waals surface area contributed by atoms with Crippen LogP contribution in [-0.2, 0) is 9.59 Å². The summed E-state index contributed by atoms with van der Waals surface area (Å²) in [6, 6.07) is 0. The lowest BCUT2D eigenvalue weighted by molar-refractivity contribution is -0.140. The van der Waals surface area contributed by atoms with Crippen molar-refractivity contribution in [1.82, 2.24) is 5.32 Å². The monoisotopic (exact) mass is 183 g/mol. The normalized spacial score (nSPS) is 31.1. The summed E-state index contributed by atoms with van der Waals surface area (Å²) in [4.78, 5) is 21.7. The van der Waals surface area contributed by atoms with E-state index in [-0.39, 0.29) is 11.8 Å². The molecule has 13 heavy (non-hydrogen) atoms. The minimum absolute atomic E-state index is 0.0701. The van der Waals surface area contributed by atoms with E-state index in [4.69, 9.17) is 5.11 Å². The number of aliphatic carboxylic acids is 1. The molecule has 0 radical (unpaired) electrons. The number of carboxylic acids is 1. The molecule has 0 heterocycles. The second kappa shape index (κ2) is 3.01. The molecule has 0 bridgehead atoms. The van der Waals surface area contributed by atoms with Crippen molar-refractivity contribution < 1.29 is 14.7 Å². The molecule has 4 heteroatoms. The van der Waals surface area contributed by atoms with Crippen molar-refractivity contribution in [3.8, 4) is 0 Å². The fourth-order valence-electron chi connectivity index (χ4n) is 1.46. The SMILES string of the molecule is O=C(O)[C@H]1C[C@H]1C(=O)NCC1CC1. The van der Waals surface area contributed by atoms with Gasteiger partial charge in [-0.05, 0) is 25.2 Å². The molecule has 2 saturated carbocycles. The van der Waals surface area contributed by atoms with Crippen LogP contribution in [0, 0.1) is 17.8 Å². The molecule has 0 saturated heterocycles. The molecule has 2 N–H and O–H groups in total. The fourth-order valence-corrected chi connectivity index (χ4v) is 1.46. The number of amides is 1. The zero-order valence-electron chi connectivity index (χ0n) is 7.32. The summed E-state index contributed by atoms with van der Waals surface area (Å²) in [5.41, 5.74) is 0. The molecule has 2 aliphatic rings. The van der Waals surface area contributed by atoms with Gasteiger partial charge in [-0.1, -0.05) is 0 Å². The van der Waals surface area contributed by atoms with Crippen LogP contribution in [0.2, 0.25) is 0 Å². The van der Waals surface area contributed by atoms with Crippen LogP contribution in [0.1, 0.15) is 19.3 Å². The molecule has 2 fully saturated rings. The maximum Gasteiger partial charge on any atom is 0.307 e. The first-order valence-electron chi connectivity index (χ1n) is 4.69. The zero-order valence-corrected chi connectivity index (χ0v) is 7.32. The lowest BCUT2D eigenvalue weighted by atomic mass is 10.3. The van der Waals surface area contributed by atoms with Gasteiger partial charge in [0.05, 0.1) is 11.8 Å². The molecule has 2 atom stereocenters. The van der Waals surface area contributed by atoms with Crippen molar-refractivity contribution in [1.29, 1.82) is 0 Å². The van der Waals surface area contributed by atoms with Gasteiger partial charge in [0.2, 0.25) is 5.91 Å². The minimum atomic E-state index is -0.841. The van der Waals surface area contributed by atoms with Gasteiger partial charge in [0.15, 0.2) is 0 Å². The van der Waals surface area contributed by atoms with E-state index < -0.39 is 11.9 Å². The third-order valence-corrected chi connectivity index (χ3v) is 2.71. The summed E-state index contributed by atoms with van der Waals surface area (Å²) in [7, 11) is 0. The molecule has 0 aromatic rings. The molecule has 2 aliphatic carbocycles. The Hall–Kier alpha value is -1.06. The van der Waals surface area contributed by atoms with Crippen molar-refractivity contribution in [2.45, 2.75) is 19.3 Å². The average molecular weight is 183 g/mol. The van der Waals surface area contributed by atoms with Crippen LogP contribution in [0.5, 0.6) is 0 Å². The Labute approximate surface area is 76.3 Å². The van der Waals surface area contributed by atoms with Gasteiger partial charge < -0.3 is 10.4 Å². The second-order valence-electron chi connectivity index (χ2n) is 3.98. The highest BCUT2D eigenvalue weighted by molar-refractivity contribution is 5.89. The highest BCUT2D eigenvalue weighted by Crippen LogP contribution is 2.39. The molecular weight excluding hydrogens is 170 g/mol. The van der Waals surface area contributed by atoms with Gasteiger partial charge in [-0.25, -0.2) is 0 Å². The Morgan fingerprint density at radius 2 is 2.00 bits per heavy atom. The summed E-state index contributed by atoms with van der Waals surface area (Å²) < 4.78 is 0. The molecule has 72 valence electrons. The first kappa shape index (κ1) is 8.53. The lowest BCUT2D eigenvalue weighted by Gasteiger charge is -2.01. The van der Waals surface area contributed by atoms with Gasteiger partial charge in [0.25, 0.3) is 0 Å². The first-order chi connectivity index (χ1) is 6.18. The van der Waals surface area contributed by atoms with Gasteiger partial charge in [0, 0.05) is 6.54 Å². The minimum Gasteiger partial charge on any atom is -0.481 e. The summed E-state index contributed by atoms with van der Waals surface area (Å²) in [5.74, 6) is -0.924. The van der Waals surface area contributed by atoms with Gasteiger partial charge >= 0.3 is 5.97 Å². The van der Waals surface area contributed by atoms with Gasteiger partial charge in [-0.2, -0.15) is 0 Å². The predicted octanol–water partition coefficient (Wildman–Crippen LogP) is 0.233. The summed E-state index contributed by atoms with van der Waals surface area (Å²) in [6.07, 6.45) is 2.92. The van der Waals surface area contributed by atoms with E-state index in [0.29, 0.717) is 12.3 Å². The molecule has 0 aliphatic heterocycles. The molecular formula is C9H13NO3. The van der Waals surface area contributed by atoms with Crippen LogP contribution in [-0.4, -0.2) is 23.5 Å². The Morgan fingerprint density at radius 3 is 2.46 bits per heavy atom. The smallest absolute Gasteiger partial charge is 0.307 e. The Bertz CT molecular complexity index is 247. The van der Waals surface area contributed by atoms with Crippen molar-refractivity contribution in [2.24, 2.45) is 17.8 Å². The van der Waals surface area contributed by atoms with Gasteiger partial charge in [0.1, 0.15) is 0 Å². The third-order valence-electron chi connectivity index (χ3n) is 2.71. The van der Waals surface area contributed by atoms with Crippen LogP contribution in [0.25, 0.3) is 0 Å². The standard InChI is InChI=1S/C9H13NO3/c11-8(10-4-5-1-2-5)6-3-7(6)9(12)13/h5-7H,1-4H2,(H,10,11)(H,12,13)/t6-,7+/m1/s1. The van der Waals surface area contributed by atoms with E-state index in [9.17, 15) is 9.59 Å². The fraction of sp³-hybridized carbons (Fsp3) is 0.778. The molecule has 0 unspecified atom stereocenters. The average Bonchev–Trinajstić information content (AvgIpc) is 2.93. The number of hydrogen-bond donors (Lipinski definition) is 2. The molecule has 1 amide bonds. The van der Waals surface area contributed by atoms with Crippen molar-refractivity contribution >= 4 is 11.9 Å². The molecule has 0 aromatic heterocycles. The van der Waals surface area contributed by atoms with Crippen LogP contribution in [0.15, 0.2) is 0 Å². The lowest BCUT2D eigenvalue weighted by Crippen LogP contribution is -2.28. The van der Waals surface area contributed by atoms with Crippen LogP contribution in [0.3, 0.4) is 0 Å². The maximum absolute atomic E-state index is 11.3. The summed E-state index contributed by atoms with van der Waals surface area (Å²) in [6.45, 7) is 0.738. The number of nitrogens with one attached hydrogen (secondary N) is 1. The van der Waals surface area contributed by atoms with E-state index in [1.807, 2.05) is 0 Å². The number of carboxylic acid groups (broad SMARTS) is 1. The number of carbonyl (C=O) groups is 2. The first-order valence-corrected chi connectivity index (χ1v) is 4.69. The van der Waals surface area contributed by atoms with Crippen LogP contribution >= 0.6 is 0 Å². The summed E-state index contributed by atoms with van der Waals surface area (Å²) >= 11 is 0. The Morgan fingerprint density at radius 1 is 1.31 bits per heavy atom. The number of rotatable bonds is 4. The molecule has 4 nitrogen and oxygen atoms in total. The van der Waals surface area contributed by atoms with Crippen LogP contribution < -0.4 is 5.32 Å². The van der Waals surface area contributed by atoms with E-state index in [2.05, 4.69) is 5.32 Å². The number of hydrogen-bond acceptors (Lipinski definition) is 2. The topological polar surface area (TPSA) is 66.4 Å². The Kier molecular flexibility index (Phi) is 1.98. The molecule has 2 rings (SSSR count). The highest BCUT2D eigenvalue weighted by atomic mass is 16.4. The zero-order chi connectivity index (χ0) is 9.42. The maximum atomic E-state index is 11.3. The third kappa shape index (κ3) is 1.99. The predicted molar refractivity (Wildman–Crippen MR) is 45.0 cm³/mol. The van der Waals surface area contributed by atoms with E-state index >= 15 is 0 Å².